The van der Waals surface area contributed by atoms with E-state index in [0.717, 1.165) is 38.8 Å². The van der Waals surface area contributed by atoms with E-state index >= 15 is 0 Å². The summed E-state index contributed by atoms with van der Waals surface area (Å²) in [4.78, 5) is 30.4. The summed E-state index contributed by atoms with van der Waals surface area (Å²) in [5, 5.41) is 2.76. The minimum Gasteiger partial charge on any atom is -0.452 e. The number of fused-ring (bicyclic) bond motifs is 1. The molecule has 4 rings (SSSR count). The van der Waals surface area contributed by atoms with E-state index in [2.05, 4.69) is 4.98 Å². The lowest BCUT2D eigenvalue weighted by atomic mass is 10.0. The number of aryl methyl sites for hydroxylation is 2. The van der Waals surface area contributed by atoms with Crippen molar-refractivity contribution in [3.8, 4) is 0 Å². The molecular weight excluding hydrogens is 446 g/mol. The molecule has 0 radical (unpaired) electrons. The first kappa shape index (κ1) is 22.5. The Morgan fingerprint density at radius 1 is 1.18 bits per heavy atom. The molecule has 0 fully saturated rings. The molecule has 0 bridgehead atoms. The summed E-state index contributed by atoms with van der Waals surface area (Å²) < 4.78 is 33.3. The van der Waals surface area contributed by atoms with Crippen LogP contribution in [0.25, 0.3) is 17.0 Å². The van der Waals surface area contributed by atoms with Crippen LogP contribution in [0.2, 0.25) is 0 Å². The normalized spacial score (nSPS) is 11.4. The second kappa shape index (κ2) is 9.07. The third-order valence-electron chi connectivity index (χ3n) is 5.10. The van der Waals surface area contributed by atoms with Gasteiger partial charge in [-0.2, -0.15) is 0 Å². The summed E-state index contributed by atoms with van der Waals surface area (Å²) in [6, 6.07) is 8.73. The summed E-state index contributed by atoms with van der Waals surface area (Å²) in [5.41, 5.74) is 2.90. The van der Waals surface area contributed by atoms with E-state index in [0.29, 0.717) is 23.8 Å². The number of amides is 1. The molecular formula is C25H20F2N2O3S. The minimum absolute atomic E-state index is 0.102. The Balaban J connectivity index is 1.62. The molecule has 0 aliphatic rings. The maximum atomic E-state index is 14.3. The largest absolute Gasteiger partial charge is 0.452 e. The van der Waals surface area contributed by atoms with Crippen molar-refractivity contribution in [1.29, 1.82) is 0 Å². The highest BCUT2D eigenvalue weighted by Gasteiger charge is 2.22. The number of rotatable bonds is 6. The number of halogens is 2. The molecule has 0 saturated heterocycles. The number of furan rings is 1. The van der Waals surface area contributed by atoms with Crippen LogP contribution in [0.3, 0.4) is 0 Å². The van der Waals surface area contributed by atoms with Gasteiger partial charge in [0.15, 0.2) is 10.9 Å². The number of nitrogens with zero attached hydrogens (tertiary/aromatic N) is 2. The molecule has 0 spiro atoms. The molecule has 2 aromatic heterocycles. The third kappa shape index (κ3) is 4.47. The second-order valence-corrected chi connectivity index (χ2v) is 8.30. The van der Waals surface area contributed by atoms with Crippen LogP contribution in [0.1, 0.15) is 41.2 Å². The number of carbonyl (C=O) groups excluding carboxylic acids is 2. The minimum atomic E-state index is -0.875. The van der Waals surface area contributed by atoms with Crippen molar-refractivity contribution in [2.24, 2.45) is 0 Å². The fourth-order valence-corrected chi connectivity index (χ4v) is 4.42. The summed E-state index contributed by atoms with van der Waals surface area (Å²) >= 11 is 1.10. The van der Waals surface area contributed by atoms with E-state index in [9.17, 15) is 18.4 Å². The number of ketones is 1. The topological polar surface area (TPSA) is 63.4 Å². The van der Waals surface area contributed by atoms with E-state index < -0.39 is 17.5 Å². The van der Waals surface area contributed by atoms with Gasteiger partial charge in [0.25, 0.3) is 0 Å². The van der Waals surface area contributed by atoms with Crippen molar-refractivity contribution in [3.05, 3.63) is 82.1 Å². The summed E-state index contributed by atoms with van der Waals surface area (Å²) in [6.45, 7) is 5.21. The Kier molecular flexibility index (Phi) is 6.20. The van der Waals surface area contributed by atoms with E-state index in [1.807, 2.05) is 32.0 Å². The van der Waals surface area contributed by atoms with Gasteiger partial charge in [-0.05, 0) is 49.8 Å². The van der Waals surface area contributed by atoms with Crippen molar-refractivity contribution in [1.82, 2.24) is 4.98 Å². The quantitative estimate of drug-likeness (QED) is 0.237. The average molecular weight is 467 g/mol. The smallest absolute Gasteiger partial charge is 0.230 e. The van der Waals surface area contributed by atoms with Gasteiger partial charge >= 0.3 is 0 Å². The zero-order valence-corrected chi connectivity index (χ0v) is 19.0. The van der Waals surface area contributed by atoms with E-state index in [1.165, 1.54) is 25.1 Å². The van der Waals surface area contributed by atoms with Gasteiger partial charge in [-0.25, -0.2) is 13.8 Å². The molecule has 2 heterocycles. The summed E-state index contributed by atoms with van der Waals surface area (Å²) in [7, 11) is 0. The first-order valence-electron chi connectivity index (χ1n) is 10.2. The van der Waals surface area contributed by atoms with Crippen molar-refractivity contribution in [2.45, 2.75) is 27.2 Å². The molecule has 0 saturated carbocycles. The third-order valence-corrected chi connectivity index (χ3v) is 5.94. The van der Waals surface area contributed by atoms with Crippen molar-refractivity contribution >= 4 is 50.9 Å². The zero-order valence-electron chi connectivity index (χ0n) is 18.2. The highest BCUT2D eigenvalue weighted by molar-refractivity contribution is 7.14. The van der Waals surface area contributed by atoms with E-state index in [1.54, 1.807) is 5.38 Å². The van der Waals surface area contributed by atoms with Crippen LogP contribution >= 0.6 is 11.3 Å². The number of hydrogen-bond acceptors (Lipinski definition) is 5. The molecule has 0 N–H and O–H groups in total. The molecule has 0 aliphatic carbocycles. The number of thiazole rings is 1. The standard InChI is InChI=1S/C25H20F2N2O3S/c1-4-18-19-11-14(2)5-10-23(19)32-24(18)22(31)9-7-17-13-33-25(28-17)29(15(3)30)21-8-6-16(26)12-20(21)27/h5-13H,4H2,1-3H3/b9-7+. The van der Waals surface area contributed by atoms with Crippen LogP contribution in [0, 0.1) is 18.6 Å². The van der Waals surface area contributed by atoms with Crippen LogP contribution < -0.4 is 4.90 Å². The van der Waals surface area contributed by atoms with E-state index in [4.69, 9.17) is 4.42 Å². The predicted octanol–water partition coefficient (Wildman–Crippen LogP) is 6.62. The Bertz CT molecular complexity index is 1400. The molecule has 4 aromatic rings. The molecule has 0 unspecified atom stereocenters. The monoisotopic (exact) mass is 466 g/mol. The SMILES string of the molecule is CCc1c(C(=O)/C=C/c2csc(N(C(C)=O)c3ccc(F)cc3F)n2)oc2ccc(C)cc12. The first-order chi connectivity index (χ1) is 15.8. The highest BCUT2D eigenvalue weighted by atomic mass is 32.1. The Hall–Kier alpha value is -3.65. The maximum Gasteiger partial charge on any atom is 0.230 e. The fraction of sp³-hybridized carbons (Fsp3) is 0.160. The van der Waals surface area contributed by atoms with Crippen LogP contribution in [0.5, 0.6) is 0 Å². The van der Waals surface area contributed by atoms with Crippen LogP contribution in [-0.4, -0.2) is 16.7 Å². The fourth-order valence-electron chi connectivity index (χ4n) is 3.57. The number of carbonyl (C=O) groups is 2. The second-order valence-electron chi connectivity index (χ2n) is 7.47. The number of allylic oxidation sites excluding steroid dienone is 1. The van der Waals surface area contributed by atoms with Crippen LogP contribution in [0.15, 0.2) is 52.3 Å². The van der Waals surface area contributed by atoms with Crippen molar-refractivity contribution < 1.29 is 22.8 Å². The number of benzene rings is 2. The van der Waals surface area contributed by atoms with Gasteiger partial charge in [-0.15, -0.1) is 11.3 Å². The maximum absolute atomic E-state index is 14.3. The lowest BCUT2D eigenvalue weighted by Crippen LogP contribution is -2.23. The Morgan fingerprint density at radius 2 is 1.97 bits per heavy atom. The van der Waals surface area contributed by atoms with Gasteiger partial charge in [0.05, 0.1) is 11.4 Å². The predicted molar refractivity (Wildman–Crippen MR) is 125 cm³/mol. The van der Waals surface area contributed by atoms with Gasteiger partial charge in [-0.3, -0.25) is 14.5 Å². The van der Waals surface area contributed by atoms with Crippen LogP contribution in [0.4, 0.5) is 19.6 Å². The van der Waals surface area contributed by atoms with Crippen molar-refractivity contribution in [3.63, 3.8) is 0 Å². The molecule has 2 aromatic carbocycles. The zero-order chi connectivity index (χ0) is 23.7. The van der Waals surface area contributed by atoms with Gasteiger partial charge in [0.2, 0.25) is 11.7 Å². The average Bonchev–Trinajstić information content (AvgIpc) is 3.37. The van der Waals surface area contributed by atoms with Gasteiger partial charge in [-0.1, -0.05) is 18.6 Å². The molecule has 8 heteroatoms. The first-order valence-corrected chi connectivity index (χ1v) is 11.1. The lowest BCUT2D eigenvalue weighted by molar-refractivity contribution is -0.115. The van der Waals surface area contributed by atoms with Crippen LogP contribution in [-0.2, 0) is 11.2 Å². The Morgan fingerprint density at radius 3 is 2.67 bits per heavy atom. The van der Waals surface area contributed by atoms with Gasteiger partial charge < -0.3 is 4.42 Å². The van der Waals surface area contributed by atoms with Crippen molar-refractivity contribution in [2.75, 3.05) is 4.90 Å². The Labute approximate surface area is 193 Å². The molecule has 0 aliphatic heterocycles. The van der Waals surface area contributed by atoms with Gasteiger partial charge in [0.1, 0.15) is 17.2 Å². The number of anilines is 2. The van der Waals surface area contributed by atoms with Gasteiger partial charge in [0, 0.05) is 29.3 Å². The lowest BCUT2D eigenvalue weighted by Gasteiger charge is -2.18. The molecule has 168 valence electrons. The highest BCUT2D eigenvalue weighted by Crippen LogP contribution is 2.32. The number of aromatic nitrogens is 1. The number of hydrogen-bond donors (Lipinski definition) is 0. The van der Waals surface area contributed by atoms with E-state index in [-0.39, 0.29) is 22.4 Å². The summed E-state index contributed by atoms with van der Waals surface area (Å²) in [5.74, 6) is -2.12. The molecule has 33 heavy (non-hydrogen) atoms. The molecule has 0 atom stereocenters. The molecule has 5 nitrogen and oxygen atoms in total. The molecule has 1 amide bonds. The summed E-state index contributed by atoms with van der Waals surface area (Å²) in [6.07, 6.45) is 3.52.